The Morgan fingerprint density at radius 3 is 3.20 bits per heavy atom. The van der Waals surface area contributed by atoms with Crippen molar-refractivity contribution in [2.45, 2.75) is 38.1 Å². The third kappa shape index (κ3) is 3.00. The van der Waals surface area contributed by atoms with E-state index in [-0.39, 0.29) is 6.61 Å². The average molecular weight is 226 g/mol. The first-order valence-corrected chi connectivity index (χ1v) is 6.56. The molecule has 0 bridgehead atoms. The summed E-state index contributed by atoms with van der Waals surface area (Å²) in [7, 11) is 0. The molecule has 1 aromatic rings. The first-order valence-electron chi connectivity index (χ1n) is 5.68. The molecular formula is C11H18N2OS. The van der Waals surface area contributed by atoms with Crippen molar-refractivity contribution in [1.82, 2.24) is 10.3 Å². The van der Waals surface area contributed by atoms with Crippen LogP contribution >= 0.6 is 11.3 Å². The number of aliphatic hydroxyl groups is 1. The number of aliphatic hydroxyl groups excluding tert-OH is 1. The highest BCUT2D eigenvalue weighted by molar-refractivity contribution is 7.09. The van der Waals surface area contributed by atoms with Crippen LogP contribution in [-0.4, -0.2) is 23.2 Å². The van der Waals surface area contributed by atoms with Crippen molar-refractivity contribution in [3.8, 4) is 0 Å². The molecule has 3 nitrogen and oxygen atoms in total. The summed E-state index contributed by atoms with van der Waals surface area (Å²) in [6.07, 6.45) is 5.54. The van der Waals surface area contributed by atoms with Gasteiger partial charge in [0.15, 0.2) is 0 Å². The van der Waals surface area contributed by atoms with E-state index in [9.17, 15) is 0 Å². The van der Waals surface area contributed by atoms with Gasteiger partial charge >= 0.3 is 0 Å². The summed E-state index contributed by atoms with van der Waals surface area (Å²) >= 11 is 1.72. The van der Waals surface area contributed by atoms with Crippen molar-refractivity contribution in [3.63, 3.8) is 0 Å². The highest BCUT2D eigenvalue weighted by Crippen LogP contribution is 2.24. The Bertz CT molecular complexity index is 295. The topological polar surface area (TPSA) is 45.2 Å². The monoisotopic (exact) mass is 226 g/mol. The molecule has 0 aliphatic carbocycles. The third-order valence-corrected chi connectivity index (χ3v) is 3.71. The Morgan fingerprint density at radius 1 is 1.53 bits per heavy atom. The van der Waals surface area contributed by atoms with E-state index in [2.05, 4.69) is 15.7 Å². The second-order valence-corrected chi connectivity index (χ2v) is 4.94. The number of rotatable bonds is 4. The van der Waals surface area contributed by atoms with Gasteiger partial charge in [-0.25, -0.2) is 4.98 Å². The van der Waals surface area contributed by atoms with Crippen LogP contribution in [-0.2, 0) is 6.42 Å². The van der Waals surface area contributed by atoms with Gasteiger partial charge < -0.3 is 10.4 Å². The van der Waals surface area contributed by atoms with E-state index in [4.69, 9.17) is 5.11 Å². The van der Waals surface area contributed by atoms with E-state index in [1.165, 1.54) is 25.0 Å². The lowest BCUT2D eigenvalue weighted by atomic mass is 10.0. The van der Waals surface area contributed by atoms with Gasteiger partial charge in [0.05, 0.1) is 16.7 Å². The van der Waals surface area contributed by atoms with Gasteiger partial charge in [-0.1, -0.05) is 6.42 Å². The number of aromatic nitrogens is 1. The molecule has 0 radical (unpaired) electrons. The quantitative estimate of drug-likeness (QED) is 0.824. The number of nitrogens with zero attached hydrogens (tertiary/aromatic N) is 1. The van der Waals surface area contributed by atoms with Crippen molar-refractivity contribution in [3.05, 3.63) is 16.1 Å². The predicted octanol–water partition coefficient (Wildman–Crippen LogP) is 1.88. The van der Waals surface area contributed by atoms with E-state index in [0.29, 0.717) is 6.04 Å². The van der Waals surface area contributed by atoms with E-state index < -0.39 is 0 Å². The molecule has 0 spiro atoms. The first kappa shape index (κ1) is 11.0. The second kappa shape index (κ2) is 5.58. The van der Waals surface area contributed by atoms with Gasteiger partial charge in [-0.15, -0.1) is 11.3 Å². The Labute approximate surface area is 94.5 Å². The molecule has 15 heavy (non-hydrogen) atoms. The van der Waals surface area contributed by atoms with Crippen LogP contribution in [0.1, 0.15) is 42.4 Å². The van der Waals surface area contributed by atoms with E-state index >= 15 is 0 Å². The van der Waals surface area contributed by atoms with Crippen molar-refractivity contribution in [1.29, 1.82) is 0 Å². The second-order valence-electron chi connectivity index (χ2n) is 4.00. The zero-order valence-electron chi connectivity index (χ0n) is 8.91. The Morgan fingerprint density at radius 2 is 2.47 bits per heavy atom. The van der Waals surface area contributed by atoms with Crippen LogP contribution in [0.5, 0.6) is 0 Å². The Hall–Kier alpha value is -0.450. The summed E-state index contributed by atoms with van der Waals surface area (Å²) in [6, 6.07) is 0.470. The van der Waals surface area contributed by atoms with E-state index in [0.717, 1.165) is 24.4 Å². The number of hydrogen-bond donors (Lipinski definition) is 2. The molecule has 0 amide bonds. The van der Waals surface area contributed by atoms with Gasteiger partial charge in [-0.05, 0) is 25.8 Å². The lowest BCUT2D eigenvalue weighted by molar-refractivity contribution is 0.288. The molecule has 1 atom stereocenters. The van der Waals surface area contributed by atoms with Crippen molar-refractivity contribution in [2.75, 3.05) is 13.2 Å². The molecule has 0 saturated carbocycles. The normalized spacial score (nSPS) is 21.8. The minimum Gasteiger partial charge on any atom is -0.396 e. The molecule has 1 fully saturated rings. The summed E-state index contributed by atoms with van der Waals surface area (Å²) < 4.78 is 0. The molecule has 1 aromatic heterocycles. The fourth-order valence-corrected chi connectivity index (χ4v) is 2.83. The molecule has 1 saturated heterocycles. The fourth-order valence-electron chi connectivity index (χ4n) is 1.93. The number of nitrogens with one attached hydrogen (secondary N) is 1. The van der Waals surface area contributed by atoms with Crippen LogP contribution in [0.25, 0.3) is 0 Å². The maximum Gasteiger partial charge on any atom is 0.0929 e. The van der Waals surface area contributed by atoms with E-state index in [1.807, 2.05) is 0 Å². The lowest BCUT2D eigenvalue weighted by Gasteiger charge is -2.21. The highest BCUT2D eigenvalue weighted by Gasteiger charge is 2.17. The third-order valence-electron chi connectivity index (χ3n) is 2.79. The van der Waals surface area contributed by atoms with Crippen molar-refractivity contribution >= 4 is 11.3 Å². The maximum atomic E-state index is 8.75. The van der Waals surface area contributed by atoms with Gasteiger partial charge in [-0.3, -0.25) is 0 Å². The zero-order valence-corrected chi connectivity index (χ0v) is 9.72. The lowest BCUT2D eigenvalue weighted by Crippen LogP contribution is -2.26. The number of hydrogen-bond acceptors (Lipinski definition) is 4. The number of aryl methyl sites for hydroxylation is 1. The molecule has 2 N–H and O–H groups in total. The van der Waals surface area contributed by atoms with Crippen LogP contribution in [0.4, 0.5) is 0 Å². The largest absolute Gasteiger partial charge is 0.396 e. The standard InChI is InChI=1S/C11H18N2OS/c14-7-3-5-11-13-10(8-15-11)9-4-1-2-6-12-9/h8-9,12,14H,1-7H2. The first-order chi connectivity index (χ1) is 7.40. The minimum atomic E-state index is 0.261. The van der Waals surface area contributed by atoms with Crippen LogP contribution in [0.3, 0.4) is 0 Å². The molecule has 84 valence electrons. The van der Waals surface area contributed by atoms with Crippen LogP contribution in [0.2, 0.25) is 0 Å². The molecule has 2 heterocycles. The van der Waals surface area contributed by atoms with Gasteiger partial charge in [0, 0.05) is 18.4 Å². The summed E-state index contributed by atoms with van der Waals surface area (Å²) in [5, 5.41) is 15.6. The highest BCUT2D eigenvalue weighted by atomic mass is 32.1. The van der Waals surface area contributed by atoms with Crippen LogP contribution in [0.15, 0.2) is 5.38 Å². The zero-order chi connectivity index (χ0) is 10.5. The Kier molecular flexibility index (Phi) is 4.11. The molecule has 4 heteroatoms. The summed E-state index contributed by atoms with van der Waals surface area (Å²) in [4.78, 5) is 4.62. The number of piperidine rings is 1. The summed E-state index contributed by atoms with van der Waals surface area (Å²) in [6.45, 7) is 1.38. The summed E-state index contributed by atoms with van der Waals surface area (Å²) in [5.74, 6) is 0. The van der Waals surface area contributed by atoms with Gasteiger partial charge in [-0.2, -0.15) is 0 Å². The predicted molar refractivity (Wildman–Crippen MR) is 62.1 cm³/mol. The fraction of sp³-hybridized carbons (Fsp3) is 0.727. The van der Waals surface area contributed by atoms with Crippen LogP contribution < -0.4 is 5.32 Å². The maximum absolute atomic E-state index is 8.75. The molecule has 1 unspecified atom stereocenters. The van der Waals surface area contributed by atoms with Gasteiger partial charge in [0.25, 0.3) is 0 Å². The van der Waals surface area contributed by atoms with Gasteiger partial charge in [0.2, 0.25) is 0 Å². The molecule has 1 aliphatic rings. The SMILES string of the molecule is OCCCc1nc(C2CCCCN2)cs1. The molecule has 1 aliphatic heterocycles. The minimum absolute atomic E-state index is 0.261. The van der Waals surface area contributed by atoms with Crippen LogP contribution in [0, 0.1) is 0 Å². The van der Waals surface area contributed by atoms with E-state index in [1.54, 1.807) is 11.3 Å². The number of thiazole rings is 1. The summed E-state index contributed by atoms with van der Waals surface area (Å²) in [5.41, 5.74) is 1.20. The molecular weight excluding hydrogens is 208 g/mol. The van der Waals surface area contributed by atoms with Gasteiger partial charge in [0.1, 0.15) is 0 Å². The molecule has 0 aromatic carbocycles. The van der Waals surface area contributed by atoms with Crippen molar-refractivity contribution in [2.24, 2.45) is 0 Å². The Balaban J connectivity index is 1.93. The van der Waals surface area contributed by atoms with Crippen molar-refractivity contribution < 1.29 is 5.11 Å². The smallest absolute Gasteiger partial charge is 0.0929 e. The average Bonchev–Trinajstić information content (AvgIpc) is 2.76. The molecule has 2 rings (SSSR count).